The zero-order valence-corrected chi connectivity index (χ0v) is 10.3. The molecule has 0 spiro atoms. The van der Waals surface area contributed by atoms with Crippen LogP contribution in [0.15, 0.2) is 18.2 Å². The number of hydrogen-bond acceptors (Lipinski definition) is 5. The van der Waals surface area contributed by atoms with Gasteiger partial charge in [-0.1, -0.05) is 0 Å². The first-order valence-corrected chi connectivity index (χ1v) is 5.96. The summed E-state index contributed by atoms with van der Waals surface area (Å²) < 4.78 is 10.6. The van der Waals surface area contributed by atoms with E-state index < -0.39 is 4.92 Å². The third-order valence-corrected chi connectivity index (χ3v) is 2.82. The summed E-state index contributed by atoms with van der Waals surface area (Å²) in [4.78, 5) is 12.6. The van der Waals surface area contributed by atoms with Gasteiger partial charge in [-0.05, 0) is 13.0 Å². The van der Waals surface area contributed by atoms with E-state index in [-0.39, 0.29) is 5.69 Å². The van der Waals surface area contributed by atoms with Crippen LogP contribution < -0.4 is 9.64 Å². The molecule has 6 heteroatoms. The Hall–Kier alpha value is -1.82. The second kappa shape index (κ2) is 5.68. The highest BCUT2D eigenvalue weighted by Crippen LogP contribution is 2.31. The van der Waals surface area contributed by atoms with Crippen molar-refractivity contribution < 1.29 is 14.4 Å². The van der Waals surface area contributed by atoms with Crippen LogP contribution in [0.5, 0.6) is 5.75 Å². The highest BCUT2D eigenvalue weighted by atomic mass is 16.6. The van der Waals surface area contributed by atoms with Gasteiger partial charge in [-0.3, -0.25) is 10.1 Å². The quantitative estimate of drug-likeness (QED) is 0.604. The van der Waals surface area contributed by atoms with Crippen molar-refractivity contribution in [2.24, 2.45) is 0 Å². The summed E-state index contributed by atoms with van der Waals surface area (Å²) in [5.74, 6) is 0.325. The van der Waals surface area contributed by atoms with Crippen molar-refractivity contribution in [2.75, 3.05) is 37.8 Å². The second-order valence-electron chi connectivity index (χ2n) is 3.94. The molecule has 0 saturated carbocycles. The van der Waals surface area contributed by atoms with Crippen molar-refractivity contribution in [1.29, 1.82) is 0 Å². The van der Waals surface area contributed by atoms with Crippen LogP contribution in [0, 0.1) is 10.1 Å². The summed E-state index contributed by atoms with van der Waals surface area (Å²) in [5, 5.41) is 10.9. The van der Waals surface area contributed by atoms with Crippen LogP contribution in [0.25, 0.3) is 0 Å². The van der Waals surface area contributed by atoms with Gasteiger partial charge in [-0.25, -0.2) is 0 Å². The predicted molar refractivity (Wildman–Crippen MR) is 67.3 cm³/mol. The molecule has 1 saturated heterocycles. The Morgan fingerprint density at radius 3 is 2.78 bits per heavy atom. The lowest BCUT2D eigenvalue weighted by atomic mass is 10.2. The molecule has 0 radical (unpaired) electrons. The fourth-order valence-electron chi connectivity index (χ4n) is 1.94. The number of morpholine rings is 1. The van der Waals surface area contributed by atoms with Gasteiger partial charge in [-0.15, -0.1) is 0 Å². The molecule has 1 aromatic carbocycles. The maximum Gasteiger partial charge on any atom is 0.311 e. The smallest absolute Gasteiger partial charge is 0.311 e. The van der Waals surface area contributed by atoms with Gasteiger partial charge in [0.1, 0.15) is 0 Å². The largest absolute Gasteiger partial charge is 0.487 e. The minimum absolute atomic E-state index is 0.00820. The molecule has 0 aromatic heterocycles. The third kappa shape index (κ3) is 2.70. The van der Waals surface area contributed by atoms with Crippen LogP contribution in [0.4, 0.5) is 11.4 Å². The van der Waals surface area contributed by atoms with E-state index in [0.717, 1.165) is 18.8 Å². The Bertz CT molecular complexity index is 430. The summed E-state index contributed by atoms with van der Waals surface area (Å²) in [6.45, 7) is 5.17. The molecule has 0 N–H and O–H groups in total. The number of nitro groups is 1. The fraction of sp³-hybridized carbons (Fsp3) is 0.500. The number of ether oxygens (including phenoxy) is 2. The summed E-state index contributed by atoms with van der Waals surface area (Å²) in [6.07, 6.45) is 0. The van der Waals surface area contributed by atoms with Crippen molar-refractivity contribution in [2.45, 2.75) is 6.92 Å². The second-order valence-corrected chi connectivity index (χ2v) is 3.94. The number of anilines is 1. The average molecular weight is 252 g/mol. The fourth-order valence-corrected chi connectivity index (χ4v) is 1.94. The molecule has 1 fully saturated rings. The molecule has 0 unspecified atom stereocenters. The maximum absolute atomic E-state index is 10.9. The molecule has 98 valence electrons. The van der Waals surface area contributed by atoms with E-state index in [1.807, 2.05) is 6.92 Å². The Labute approximate surface area is 105 Å². The molecular weight excluding hydrogens is 236 g/mol. The molecule has 2 rings (SSSR count). The van der Waals surface area contributed by atoms with E-state index in [4.69, 9.17) is 9.47 Å². The van der Waals surface area contributed by atoms with Gasteiger partial charge in [0.15, 0.2) is 5.75 Å². The minimum Gasteiger partial charge on any atom is -0.487 e. The van der Waals surface area contributed by atoms with Crippen LogP contribution in [-0.2, 0) is 4.74 Å². The topological polar surface area (TPSA) is 64.8 Å². The minimum atomic E-state index is -0.423. The standard InChI is InChI=1S/C12H16N2O4/c1-2-18-12-9-10(3-4-11(12)14(15)16)13-5-7-17-8-6-13/h3-4,9H,2,5-8H2,1H3. The molecule has 0 atom stereocenters. The number of hydrogen-bond donors (Lipinski definition) is 0. The van der Waals surface area contributed by atoms with Gasteiger partial charge >= 0.3 is 5.69 Å². The van der Waals surface area contributed by atoms with Crippen LogP contribution in [0.3, 0.4) is 0 Å². The zero-order chi connectivity index (χ0) is 13.0. The normalized spacial score (nSPS) is 15.5. The van der Waals surface area contributed by atoms with Gasteiger partial charge in [0.2, 0.25) is 0 Å². The van der Waals surface area contributed by atoms with Crippen molar-refractivity contribution in [3.05, 3.63) is 28.3 Å². The van der Waals surface area contributed by atoms with Crippen molar-refractivity contribution in [3.8, 4) is 5.75 Å². The van der Waals surface area contributed by atoms with Crippen molar-refractivity contribution in [1.82, 2.24) is 0 Å². The Kier molecular flexibility index (Phi) is 3.99. The van der Waals surface area contributed by atoms with E-state index in [1.54, 1.807) is 12.1 Å². The predicted octanol–water partition coefficient (Wildman–Crippen LogP) is 1.83. The van der Waals surface area contributed by atoms with Crippen LogP contribution in [0.1, 0.15) is 6.92 Å². The SMILES string of the molecule is CCOc1cc(N2CCOCC2)ccc1[N+](=O)[O-]. The summed E-state index contributed by atoms with van der Waals surface area (Å²) in [6, 6.07) is 4.98. The molecule has 0 bridgehead atoms. The monoisotopic (exact) mass is 252 g/mol. The van der Waals surface area contributed by atoms with E-state index in [2.05, 4.69) is 4.90 Å². The average Bonchev–Trinajstić information content (AvgIpc) is 2.40. The highest BCUT2D eigenvalue weighted by molar-refractivity contribution is 5.59. The lowest BCUT2D eigenvalue weighted by molar-refractivity contribution is -0.385. The highest BCUT2D eigenvalue weighted by Gasteiger charge is 2.18. The summed E-state index contributed by atoms with van der Waals surface area (Å²) in [5.41, 5.74) is 0.946. The Morgan fingerprint density at radius 1 is 1.44 bits per heavy atom. The zero-order valence-electron chi connectivity index (χ0n) is 10.3. The first kappa shape index (κ1) is 12.6. The van der Waals surface area contributed by atoms with Crippen molar-refractivity contribution >= 4 is 11.4 Å². The van der Waals surface area contributed by atoms with E-state index in [1.165, 1.54) is 6.07 Å². The van der Waals surface area contributed by atoms with Gasteiger partial charge < -0.3 is 14.4 Å². The molecule has 18 heavy (non-hydrogen) atoms. The number of nitrogens with zero attached hydrogens (tertiary/aromatic N) is 2. The number of rotatable bonds is 4. The maximum atomic E-state index is 10.9. The number of nitro benzene ring substituents is 1. The van der Waals surface area contributed by atoms with E-state index in [0.29, 0.717) is 25.6 Å². The molecular formula is C12H16N2O4. The first-order valence-electron chi connectivity index (χ1n) is 5.96. The van der Waals surface area contributed by atoms with Gasteiger partial charge in [-0.2, -0.15) is 0 Å². The number of benzene rings is 1. The van der Waals surface area contributed by atoms with Gasteiger partial charge in [0.25, 0.3) is 0 Å². The Morgan fingerprint density at radius 2 is 2.17 bits per heavy atom. The lowest BCUT2D eigenvalue weighted by Gasteiger charge is -2.29. The van der Waals surface area contributed by atoms with E-state index >= 15 is 0 Å². The van der Waals surface area contributed by atoms with Gasteiger partial charge in [0, 0.05) is 30.9 Å². The van der Waals surface area contributed by atoms with Crippen LogP contribution in [0.2, 0.25) is 0 Å². The molecule has 1 heterocycles. The van der Waals surface area contributed by atoms with Crippen LogP contribution in [-0.4, -0.2) is 37.8 Å². The van der Waals surface area contributed by atoms with E-state index in [9.17, 15) is 10.1 Å². The molecule has 6 nitrogen and oxygen atoms in total. The third-order valence-electron chi connectivity index (χ3n) is 2.82. The molecule has 0 amide bonds. The molecule has 0 aliphatic carbocycles. The van der Waals surface area contributed by atoms with Gasteiger partial charge in [0.05, 0.1) is 24.7 Å². The first-order chi connectivity index (χ1) is 8.72. The summed E-state index contributed by atoms with van der Waals surface area (Å²) in [7, 11) is 0. The Balaban J connectivity index is 2.26. The molecule has 1 aliphatic rings. The lowest BCUT2D eigenvalue weighted by Crippen LogP contribution is -2.36. The van der Waals surface area contributed by atoms with Crippen LogP contribution >= 0.6 is 0 Å². The molecule has 1 aliphatic heterocycles. The van der Waals surface area contributed by atoms with Crippen molar-refractivity contribution in [3.63, 3.8) is 0 Å². The molecule has 1 aromatic rings. The summed E-state index contributed by atoms with van der Waals surface area (Å²) >= 11 is 0.